The van der Waals surface area contributed by atoms with E-state index in [1.54, 1.807) is 70.2 Å². The number of carboxylic acid groups (broad SMARTS) is 1. The predicted molar refractivity (Wildman–Crippen MR) is 166 cm³/mol. The Kier molecular flexibility index (Phi) is 11.2. The van der Waals surface area contributed by atoms with Gasteiger partial charge in [-0.2, -0.15) is 0 Å². The van der Waals surface area contributed by atoms with Crippen LogP contribution in [0.25, 0.3) is 6.08 Å². The van der Waals surface area contributed by atoms with Gasteiger partial charge in [-0.1, -0.05) is 23.5 Å². The zero-order chi connectivity index (χ0) is 33.4. The molecular formula is C32H34N2O11S. The number of carboxylic acids is 1. The number of hydrogen-bond donors (Lipinski definition) is 1. The lowest BCUT2D eigenvalue weighted by Crippen LogP contribution is -2.40. The van der Waals surface area contributed by atoms with Gasteiger partial charge in [0, 0.05) is 0 Å². The Bertz CT molecular complexity index is 1840. The van der Waals surface area contributed by atoms with Crippen molar-refractivity contribution in [2.45, 2.75) is 33.7 Å². The molecule has 46 heavy (non-hydrogen) atoms. The minimum Gasteiger partial charge on any atom is -0.490 e. The summed E-state index contributed by atoms with van der Waals surface area (Å²) in [5, 5.41) is 8.99. The molecule has 1 aromatic heterocycles. The third-order valence-electron chi connectivity index (χ3n) is 6.59. The molecule has 1 N–H and O–H groups in total. The lowest BCUT2D eigenvalue weighted by Gasteiger charge is -2.25. The van der Waals surface area contributed by atoms with Crippen LogP contribution in [0.15, 0.2) is 57.5 Å². The predicted octanol–water partition coefficient (Wildman–Crippen LogP) is 2.61. The van der Waals surface area contributed by atoms with Crippen LogP contribution in [0, 0.1) is 0 Å². The number of carbonyl (C=O) groups excluding carboxylic acids is 2. The SMILES string of the molecule is CCOC(=O)C1=C(C)N=c2s/c(=C\c3ccc(OCC(=O)O)c(OCC)c3)c(=O)n2[C@H]1c1ccc(OCC(=O)OC)c(OCC)c1. The van der Waals surface area contributed by atoms with Crippen LogP contribution >= 0.6 is 11.3 Å². The lowest BCUT2D eigenvalue weighted by atomic mass is 9.95. The van der Waals surface area contributed by atoms with E-state index < -0.39 is 36.1 Å². The molecule has 0 radical (unpaired) electrons. The van der Waals surface area contributed by atoms with Crippen LogP contribution in [0.4, 0.5) is 0 Å². The second-order valence-electron chi connectivity index (χ2n) is 9.63. The molecule has 14 heteroatoms. The maximum atomic E-state index is 14.1. The molecule has 0 aliphatic carbocycles. The second kappa shape index (κ2) is 15.3. The summed E-state index contributed by atoms with van der Waals surface area (Å²) in [5.41, 5.74) is 1.29. The van der Waals surface area contributed by atoms with Crippen LogP contribution in [0.1, 0.15) is 44.9 Å². The fourth-order valence-corrected chi connectivity index (χ4v) is 5.72. The van der Waals surface area contributed by atoms with E-state index in [1.807, 2.05) is 0 Å². The van der Waals surface area contributed by atoms with Crippen molar-refractivity contribution < 1.29 is 47.9 Å². The number of allylic oxidation sites excluding steroid dienone is 1. The quantitative estimate of drug-likeness (QED) is 0.255. The van der Waals surface area contributed by atoms with Gasteiger partial charge < -0.3 is 33.5 Å². The molecule has 4 rings (SSSR count). The van der Waals surface area contributed by atoms with Gasteiger partial charge >= 0.3 is 17.9 Å². The van der Waals surface area contributed by atoms with E-state index in [2.05, 4.69) is 9.73 Å². The molecule has 13 nitrogen and oxygen atoms in total. The molecule has 1 atom stereocenters. The van der Waals surface area contributed by atoms with Gasteiger partial charge in [0.2, 0.25) is 0 Å². The van der Waals surface area contributed by atoms with Gasteiger partial charge in [0.05, 0.1) is 48.8 Å². The van der Waals surface area contributed by atoms with Crippen molar-refractivity contribution >= 4 is 35.3 Å². The molecule has 1 aliphatic heterocycles. The summed E-state index contributed by atoms with van der Waals surface area (Å²) in [6, 6.07) is 8.90. The summed E-state index contributed by atoms with van der Waals surface area (Å²) in [7, 11) is 1.25. The number of thiazole rings is 1. The van der Waals surface area contributed by atoms with Gasteiger partial charge in [-0.05, 0) is 69.2 Å². The Balaban J connectivity index is 1.86. The highest BCUT2D eigenvalue weighted by atomic mass is 32.1. The molecule has 2 aromatic carbocycles. The molecule has 1 aliphatic rings. The van der Waals surface area contributed by atoms with Crippen LogP contribution in [0.3, 0.4) is 0 Å². The smallest absolute Gasteiger partial charge is 0.343 e. The van der Waals surface area contributed by atoms with Gasteiger partial charge in [-0.15, -0.1) is 0 Å². The van der Waals surface area contributed by atoms with Crippen LogP contribution < -0.4 is 33.8 Å². The zero-order valence-corrected chi connectivity index (χ0v) is 26.8. The van der Waals surface area contributed by atoms with Gasteiger partial charge in [0.25, 0.3) is 5.56 Å². The first kappa shape index (κ1) is 33.8. The normalized spacial score (nSPS) is 14.2. The minimum atomic E-state index is -1.13. The summed E-state index contributed by atoms with van der Waals surface area (Å²) in [4.78, 5) is 55.0. The molecule has 0 fully saturated rings. The minimum absolute atomic E-state index is 0.117. The summed E-state index contributed by atoms with van der Waals surface area (Å²) >= 11 is 1.14. The number of carbonyl (C=O) groups is 3. The van der Waals surface area contributed by atoms with E-state index >= 15 is 0 Å². The number of esters is 2. The number of nitrogens with zero attached hydrogens (tertiary/aromatic N) is 2. The van der Waals surface area contributed by atoms with Crippen molar-refractivity contribution in [3.63, 3.8) is 0 Å². The number of benzene rings is 2. The Morgan fingerprint density at radius 2 is 1.57 bits per heavy atom. The van der Waals surface area contributed by atoms with Crippen molar-refractivity contribution in [1.29, 1.82) is 0 Å². The van der Waals surface area contributed by atoms with E-state index in [0.717, 1.165) is 11.3 Å². The number of methoxy groups -OCH3 is 1. The zero-order valence-electron chi connectivity index (χ0n) is 26.0. The van der Waals surface area contributed by atoms with Crippen molar-refractivity contribution in [2.24, 2.45) is 4.99 Å². The van der Waals surface area contributed by atoms with Crippen molar-refractivity contribution in [3.05, 3.63) is 78.5 Å². The number of fused-ring (bicyclic) bond motifs is 1. The van der Waals surface area contributed by atoms with Crippen molar-refractivity contribution in [1.82, 2.24) is 4.57 Å². The molecule has 2 heterocycles. The number of ether oxygens (including phenoxy) is 6. The highest BCUT2D eigenvalue weighted by Gasteiger charge is 2.34. The highest BCUT2D eigenvalue weighted by Crippen LogP contribution is 2.36. The summed E-state index contributed by atoms with van der Waals surface area (Å²) < 4.78 is 34.2. The molecule has 0 unspecified atom stereocenters. The first-order valence-corrected chi connectivity index (χ1v) is 15.2. The molecule has 244 valence electrons. The summed E-state index contributed by atoms with van der Waals surface area (Å²) in [6.45, 7) is 6.77. The molecule has 0 bridgehead atoms. The first-order chi connectivity index (χ1) is 22.1. The van der Waals surface area contributed by atoms with Crippen LogP contribution in [0.5, 0.6) is 23.0 Å². The van der Waals surface area contributed by atoms with Gasteiger partial charge in [0.1, 0.15) is 0 Å². The van der Waals surface area contributed by atoms with Crippen LogP contribution in [-0.2, 0) is 23.9 Å². The molecular weight excluding hydrogens is 620 g/mol. The van der Waals surface area contributed by atoms with Crippen molar-refractivity contribution in [3.8, 4) is 23.0 Å². The topological polar surface area (TPSA) is 161 Å². The molecule has 3 aromatic rings. The second-order valence-corrected chi connectivity index (χ2v) is 10.6. The molecule has 0 saturated carbocycles. The van der Waals surface area contributed by atoms with E-state index in [-0.39, 0.29) is 36.9 Å². The number of aliphatic carboxylic acids is 1. The van der Waals surface area contributed by atoms with E-state index in [4.69, 9.17) is 28.8 Å². The monoisotopic (exact) mass is 654 g/mol. The highest BCUT2D eigenvalue weighted by molar-refractivity contribution is 7.07. The third kappa shape index (κ3) is 7.57. The summed E-state index contributed by atoms with van der Waals surface area (Å²) in [5.74, 6) is -1.16. The Morgan fingerprint density at radius 1 is 0.913 bits per heavy atom. The van der Waals surface area contributed by atoms with E-state index in [1.165, 1.54) is 11.7 Å². The number of rotatable bonds is 14. The fourth-order valence-electron chi connectivity index (χ4n) is 4.68. The molecule has 0 amide bonds. The van der Waals surface area contributed by atoms with Gasteiger partial charge in [-0.3, -0.25) is 9.36 Å². The molecule has 0 spiro atoms. The first-order valence-electron chi connectivity index (χ1n) is 14.4. The Labute approximate surface area is 267 Å². The number of hydrogen-bond acceptors (Lipinski definition) is 12. The van der Waals surface area contributed by atoms with Crippen molar-refractivity contribution in [2.75, 3.05) is 40.1 Å². The molecule has 0 saturated heterocycles. The average molecular weight is 655 g/mol. The lowest BCUT2D eigenvalue weighted by molar-refractivity contribution is -0.143. The number of aromatic nitrogens is 1. The van der Waals surface area contributed by atoms with Gasteiger partial charge in [0.15, 0.2) is 41.0 Å². The Morgan fingerprint density at radius 3 is 2.20 bits per heavy atom. The maximum Gasteiger partial charge on any atom is 0.343 e. The summed E-state index contributed by atoms with van der Waals surface area (Å²) in [6.07, 6.45) is 1.66. The fraction of sp³-hybridized carbons (Fsp3) is 0.344. The Hall–Kier alpha value is -5.11. The third-order valence-corrected chi connectivity index (χ3v) is 7.57. The van der Waals surface area contributed by atoms with Crippen LogP contribution in [-0.4, -0.2) is 67.7 Å². The maximum absolute atomic E-state index is 14.1. The van der Waals surface area contributed by atoms with E-state index in [9.17, 15) is 19.2 Å². The van der Waals surface area contributed by atoms with Crippen LogP contribution in [0.2, 0.25) is 0 Å². The average Bonchev–Trinajstić information content (AvgIpc) is 3.33. The largest absolute Gasteiger partial charge is 0.490 e. The van der Waals surface area contributed by atoms with Gasteiger partial charge in [-0.25, -0.2) is 19.4 Å². The standard InChI is InChI=1S/C32H34N2O11S/c1-6-41-23-13-19(9-11-21(23)44-16-26(35)36)14-25-30(38)34-29(28(31(39)43-8-3)18(4)33-32(34)46-25)20-10-12-22(24(15-20)42-7-2)45-17-27(37)40-5/h9-15,29H,6-8,16-17H2,1-5H3,(H,35,36)/b25-14-/t29-/m0/s1. The van der Waals surface area contributed by atoms with E-state index in [0.29, 0.717) is 44.3 Å².